The second kappa shape index (κ2) is 60.2. The average molecular weight is 1060 g/mol. The van der Waals surface area contributed by atoms with Crippen LogP contribution in [0.3, 0.4) is 0 Å². The van der Waals surface area contributed by atoms with E-state index in [0.29, 0.717) is 12.8 Å². The number of carbonyl (C=O) groups excluding carboxylic acids is 2. The third-order valence-electron chi connectivity index (χ3n) is 15.0. The van der Waals surface area contributed by atoms with Gasteiger partial charge in [0.2, 0.25) is 0 Å². The molecule has 0 saturated carbocycles. The summed E-state index contributed by atoms with van der Waals surface area (Å²) >= 11 is 0. The van der Waals surface area contributed by atoms with Crippen molar-refractivity contribution in [2.24, 2.45) is 5.73 Å². The molecule has 0 bridgehead atoms. The van der Waals surface area contributed by atoms with E-state index in [1.807, 2.05) is 0 Å². The predicted molar refractivity (Wildman–Crippen MR) is 312 cm³/mol. The Morgan fingerprint density at radius 3 is 0.836 bits per heavy atom. The Morgan fingerprint density at radius 1 is 0.356 bits per heavy atom. The molecule has 0 aromatic carbocycles. The minimum Gasteiger partial charge on any atom is -0.462 e. The van der Waals surface area contributed by atoms with Crippen LogP contribution in [-0.4, -0.2) is 49.3 Å². The first-order chi connectivity index (χ1) is 35.8. The van der Waals surface area contributed by atoms with Gasteiger partial charge in [-0.3, -0.25) is 18.6 Å². The maximum Gasteiger partial charge on any atom is 0.472 e. The topological polar surface area (TPSA) is 134 Å². The van der Waals surface area contributed by atoms with Gasteiger partial charge in [-0.05, 0) is 12.8 Å². The highest BCUT2D eigenvalue weighted by molar-refractivity contribution is 7.47. The molecule has 0 aromatic heterocycles. The molecule has 0 heterocycles. The molecule has 0 spiro atoms. The van der Waals surface area contributed by atoms with Crippen LogP contribution in [0.5, 0.6) is 0 Å². The monoisotopic (exact) mass is 1060 g/mol. The van der Waals surface area contributed by atoms with Gasteiger partial charge in [0.1, 0.15) is 6.61 Å². The van der Waals surface area contributed by atoms with Gasteiger partial charge in [0.05, 0.1) is 13.2 Å². The summed E-state index contributed by atoms with van der Waals surface area (Å²) in [5, 5.41) is 0. The quantitative estimate of drug-likeness (QED) is 0.0347. The smallest absolute Gasteiger partial charge is 0.462 e. The highest BCUT2D eigenvalue weighted by Gasteiger charge is 2.26. The number of nitrogens with two attached hydrogens (primary N) is 1. The van der Waals surface area contributed by atoms with E-state index in [0.717, 1.165) is 32.1 Å². The van der Waals surface area contributed by atoms with Gasteiger partial charge in [-0.15, -0.1) is 0 Å². The van der Waals surface area contributed by atoms with Crippen molar-refractivity contribution in [3.05, 3.63) is 0 Å². The summed E-state index contributed by atoms with van der Waals surface area (Å²) in [6.07, 6.45) is 69.0. The Balaban J connectivity index is 3.84. The van der Waals surface area contributed by atoms with Gasteiger partial charge in [0.25, 0.3) is 0 Å². The van der Waals surface area contributed by atoms with Crippen LogP contribution < -0.4 is 5.73 Å². The first-order valence-electron chi connectivity index (χ1n) is 32.5. The van der Waals surface area contributed by atoms with Crippen molar-refractivity contribution in [3.8, 4) is 0 Å². The lowest BCUT2D eigenvalue weighted by molar-refractivity contribution is -0.161. The highest BCUT2D eigenvalue weighted by atomic mass is 31.2. The number of phosphoric acid groups is 1. The van der Waals surface area contributed by atoms with E-state index in [9.17, 15) is 19.0 Å². The van der Waals surface area contributed by atoms with Gasteiger partial charge >= 0.3 is 19.8 Å². The molecule has 0 fully saturated rings. The first-order valence-corrected chi connectivity index (χ1v) is 34.0. The summed E-state index contributed by atoms with van der Waals surface area (Å²) in [5.41, 5.74) is 5.39. The maximum atomic E-state index is 12.7. The molecule has 73 heavy (non-hydrogen) atoms. The molecule has 0 amide bonds. The minimum absolute atomic E-state index is 0.0588. The van der Waals surface area contributed by atoms with Crippen molar-refractivity contribution in [1.29, 1.82) is 0 Å². The Bertz CT molecular complexity index is 1160. The van der Waals surface area contributed by atoms with Gasteiger partial charge in [-0.25, -0.2) is 4.57 Å². The van der Waals surface area contributed by atoms with Crippen molar-refractivity contribution in [3.63, 3.8) is 0 Å². The zero-order valence-corrected chi connectivity index (χ0v) is 49.8. The van der Waals surface area contributed by atoms with E-state index < -0.39 is 26.5 Å². The summed E-state index contributed by atoms with van der Waals surface area (Å²) in [6.45, 7) is 3.84. The van der Waals surface area contributed by atoms with Gasteiger partial charge in [0.15, 0.2) is 6.10 Å². The van der Waals surface area contributed by atoms with Crippen molar-refractivity contribution in [1.82, 2.24) is 0 Å². The summed E-state index contributed by atoms with van der Waals surface area (Å²) in [4.78, 5) is 35.3. The normalized spacial score (nSPS) is 12.9. The Labute approximate surface area is 454 Å². The van der Waals surface area contributed by atoms with Crippen LogP contribution in [0.2, 0.25) is 0 Å². The highest BCUT2D eigenvalue weighted by Crippen LogP contribution is 2.43. The first kappa shape index (κ1) is 72.0. The van der Waals surface area contributed by atoms with Gasteiger partial charge in [0, 0.05) is 19.4 Å². The standard InChI is InChI=1S/C63H126NO8P/c1-3-5-7-9-11-13-15-17-19-21-23-25-27-29-30-32-34-36-38-40-42-44-46-48-50-52-54-56-63(66)72-61(60-71-73(67,68)70-58-57-64)59-69-62(65)55-53-51-49-47-45-43-41-39-37-35-33-31-28-26-24-22-20-18-16-14-12-10-8-6-4-2/h61H,3-60,64H2,1-2H3,(H,67,68). The molecule has 436 valence electrons. The molecule has 0 aliphatic rings. The average Bonchev–Trinajstić information content (AvgIpc) is 3.38. The van der Waals surface area contributed by atoms with Crippen LogP contribution in [0.25, 0.3) is 0 Å². The number of phosphoric ester groups is 1. The number of rotatable bonds is 63. The molecule has 10 heteroatoms. The number of hydrogen-bond acceptors (Lipinski definition) is 8. The summed E-state index contributed by atoms with van der Waals surface area (Å²) in [6, 6.07) is 0. The van der Waals surface area contributed by atoms with Crippen molar-refractivity contribution in [2.75, 3.05) is 26.4 Å². The molecule has 0 aromatic rings. The van der Waals surface area contributed by atoms with E-state index in [-0.39, 0.29) is 32.1 Å². The van der Waals surface area contributed by atoms with Gasteiger partial charge in [-0.1, -0.05) is 335 Å². The van der Waals surface area contributed by atoms with Crippen molar-refractivity contribution in [2.45, 2.75) is 367 Å². The fraction of sp³-hybridized carbons (Fsp3) is 0.968. The van der Waals surface area contributed by atoms with E-state index >= 15 is 0 Å². The Hall–Kier alpha value is -0.990. The second-order valence-corrected chi connectivity index (χ2v) is 23.8. The molecule has 2 unspecified atom stereocenters. The van der Waals surface area contributed by atoms with E-state index in [1.54, 1.807) is 0 Å². The van der Waals surface area contributed by atoms with E-state index in [2.05, 4.69) is 13.8 Å². The molecule has 0 radical (unpaired) electrons. The number of carbonyl (C=O) groups is 2. The van der Waals surface area contributed by atoms with E-state index in [1.165, 1.54) is 295 Å². The molecular formula is C63H126NO8P. The summed E-state index contributed by atoms with van der Waals surface area (Å²) < 4.78 is 33.1. The van der Waals surface area contributed by atoms with Gasteiger partial charge in [-0.2, -0.15) is 0 Å². The number of ether oxygens (including phenoxy) is 2. The van der Waals surface area contributed by atoms with Gasteiger partial charge < -0.3 is 20.1 Å². The Morgan fingerprint density at radius 2 is 0.589 bits per heavy atom. The zero-order chi connectivity index (χ0) is 53.1. The Kier molecular flexibility index (Phi) is 59.4. The van der Waals surface area contributed by atoms with Crippen LogP contribution in [0.15, 0.2) is 0 Å². The molecule has 0 saturated heterocycles. The second-order valence-electron chi connectivity index (χ2n) is 22.4. The minimum atomic E-state index is -4.38. The molecule has 0 rings (SSSR count). The molecule has 9 nitrogen and oxygen atoms in total. The molecule has 0 aliphatic heterocycles. The lowest BCUT2D eigenvalue weighted by Gasteiger charge is -2.19. The zero-order valence-electron chi connectivity index (χ0n) is 48.9. The third kappa shape index (κ3) is 60.1. The molecule has 2 atom stereocenters. The van der Waals surface area contributed by atoms with Crippen molar-refractivity contribution >= 4 is 19.8 Å². The largest absolute Gasteiger partial charge is 0.472 e. The number of unbranched alkanes of at least 4 members (excludes halogenated alkanes) is 50. The summed E-state index contributed by atoms with van der Waals surface area (Å²) in [7, 11) is -4.38. The van der Waals surface area contributed by atoms with Crippen LogP contribution in [0.1, 0.15) is 361 Å². The molecular weight excluding hydrogens is 930 g/mol. The predicted octanol–water partition coefficient (Wildman–Crippen LogP) is 20.6. The molecule has 0 aliphatic carbocycles. The van der Waals surface area contributed by atoms with E-state index in [4.69, 9.17) is 24.3 Å². The summed E-state index contributed by atoms with van der Waals surface area (Å²) in [5.74, 6) is -0.799. The fourth-order valence-corrected chi connectivity index (χ4v) is 10.9. The van der Waals surface area contributed by atoms with Crippen molar-refractivity contribution < 1.29 is 37.6 Å². The fourth-order valence-electron chi connectivity index (χ4n) is 10.2. The number of esters is 2. The maximum absolute atomic E-state index is 12.7. The number of hydrogen-bond donors (Lipinski definition) is 2. The van der Waals surface area contributed by atoms with Crippen LogP contribution in [-0.2, 0) is 32.7 Å². The van der Waals surface area contributed by atoms with Crippen LogP contribution in [0.4, 0.5) is 0 Å². The lowest BCUT2D eigenvalue weighted by Crippen LogP contribution is -2.29. The van der Waals surface area contributed by atoms with Crippen LogP contribution >= 0.6 is 7.82 Å². The van der Waals surface area contributed by atoms with Crippen LogP contribution in [0, 0.1) is 0 Å². The third-order valence-corrected chi connectivity index (χ3v) is 16.0. The SMILES string of the molecule is CCCCCCCCCCCCCCCCCCCCCCCCCCCCCC(=O)OC(COC(=O)CCCCCCCCCCCCCCCCCCCCCCCCCCC)COP(=O)(O)OCCN. The lowest BCUT2D eigenvalue weighted by atomic mass is 10.0. The molecule has 3 N–H and O–H groups in total.